The lowest BCUT2D eigenvalue weighted by molar-refractivity contribution is 0.0951. The van der Waals surface area contributed by atoms with E-state index in [1.54, 1.807) is 7.05 Å². The van der Waals surface area contributed by atoms with Crippen molar-refractivity contribution in [2.24, 2.45) is 4.99 Å². The molecule has 31 heavy (non-hydrogen) atoms. The number of hydrogen-bond donors (Lipinski definition) is 3. The lowest BCUT2D eigenvalue weighted by atomic mass is 10.1. The van der Waals surface area contributed by atoms with E-state index in [-0.39, 0.29) is 29.9 Å². The van der Waals surface area contributed by atoms with Gasteiger partial charge in [0.05, 0.1) is 0 Å². The van der Waals surface area contributed by atoms with Gasteiger partial charge in [0, 0.05) is 38.3 Å². The molecule has 7 nitrogen and oxygen atoms in total. The van der Waals surface area contributed by atoms with Gasteiger partial charge in [0.15, 0.2) is 5.96 Å². The Morgan fingerprint density at radius 3 is 2.45 bits per heavy atom. The number of benzene rings is 1. The van der Waals surface area contributed by atoms with Gasteiger partial charge in [-0.25, -0.2) is 0 Å². The molecule has 178 valence electrons. The van der Waals surface area contributed by atoms with Crippen LogP contribution in [0.5, 0.6) is 0 Å². The number of rotatable bonds is 13. The first kappa shape index (κ1) is 29.6. The van der Waals surface area contributed by atoms with Crippen LogP contribution in [0.4, 0.5) is 0 Å². The second-order valence-electron chi connectivity index (χ2n) is 7.90. The maximum absolute atomic E-state index is 12.3. The number of carbonyl (C=O) groups excluding carboxylic acids is 1. The van der Waals surface area contributed by atoms with Crippen molar-refractivity contribution in [1.29, 1.82) is 0 Å². The molecule has 0 spiro atoms. The Kier molecular flexibility index (Phi) is 16.4. The normalized spacial score (nSPS) is 12.5. The molecule has 0 saturated heterocycles. The molecule has 0 aliphatic carbocycles. The number of nitrogens with zero attached hydrogens (tertiary/aromatic N) is 3. The summed E-state index contributed by atoms with van der Waals surface area (Å²) in [6.07, 6.45) is 2.26. The molecule has 0 heterocycles. The minimum absolute atomic E-state index is 0. The van der Waals surface area contributed by atoms with E-state index in [9.17, 15) is 4.79 Å². The summed E-state index contributed by atoms with van der Waals surface area (Å²) in [5.74, 6) is 0.745. The van der Waals surface area contributed by atoms with Crippen molar-refractivity contribution in [2.45, 2.75) is 46.2 Å². The van der Waals surface area contributed by atoms with Crippen LogP contribution in [0.15, 0.2) is 29.3 Å². The Morgan fingerprint density at radius 2 is 1.84 bits per heavy atom. The molecule has 1 atom stereocenters. The first-order valence-electron chi connectivity index (χ1n) is 11.1. The summed E-state index contributed by atoms with van der Waals surface area (Å²) in [7, 11) is 5.77. The van der Waals surface area contributed by atoms with Gasteiger partial charge in [-0.3, -0.25) is 9.79 Å². The summed E-state index contributed by atoms with van der Waals surface area (Å²) in [5, 5.41) is 9.77. The van der Waals surface area contributed by atoms with E-state index in [0.29, 0.717) is 24.7 Å². The predicted octanol–water partition coefficient (Wildman–Crippen LogP) is 2.77. The topological polar surface area (TPSA) is 72.0 Å². The molecule has 0 aromatic heterocycles. The largest absolute Gasteiger partial charge is 0.354 e. The Balaban J connectivity index is 0.00000900. The number of carbonyl (C=O) groups is 1. The fraction of sp³-hybridized carbons (Fsp3) is 0.652. The van der Waals surface area contributed by atoms with Crippen molar-refractivity contribution < 1.29 is 4.79 Å². The van der Waals surface area contributed by atoms with Crippen LogP contribution in [0.3, 0.4) is 0 Å². The smallest absolute Gasteiger partial charge is 0.251 e. The third-order valence-corrected chi connectivity index (χ3v) is 5.11. The van der Waals surface area contributed by atoms with E-state index in [2.05, 4.69) is 46.6 Å². The van der Waals surface area contributed by atoms with Gasteiger partial charge in [-0.05, 0) is 71.2 Å². The molecular formula is C23H43IN6O. The van der Waals surface area contributed by atoms with Gasteiger partial charge in [0.2, 0.25) is 0 Å². The number of guanidine groups is 1. The maximum atomic E-state index is 12.3. The standard InChI is InChI=1S/C23H42N6O.HI/c1-7-29(8-2)15-10-11-19(3)27-23(24-4)26-18-20-12-9-13-21(17-20)22(30)25-14-16-28(5)6;/h9,12-13,17,19H,7-8,10-11,14-16,18H2,1-6H3,(H,25,30)(H2,24,26,27);1H. The molecule has 0 saturated carbocycles. The molecule has 3 N–H and O–H groups in total. The molecule has 1 aromatic carbocycles. The first-order valence-corrected chi connectivity index (χ1v) is 11.1. The van der Waals surface area contributed by atoms with Gasteiger partial charge in [-0.1, -0.05) is 26.0 Å². The quantitative estimate of drug-likeness (QED) is 0.202. The van der Waals surface area contributed by atoms with Crippen LogP contribution >= 0.6 is 24.0 Å². The number of halogens is 1. The zero-order valence-corrected chi connectivity index (χ0v) is 22.5. The highest BCUT2D eigenvalue weighted by molar-refractivity contribution is 14.0. The zero-order valence-electron chi connectivity index (χ0n) is 20.2. The molecule has 0 radical (unpaired) electrons. The second kappa shape index (κ2) is 17.2. The van der Waals surface area contributed by atoms with Gasteiger partial charge in [0.25, 0.3) is 5.91 Å². The van der Waals surface area contributed by atoms with Crippen LogP contribution in [0.2, 0.25) is 0 Å². The minimum Gasteiger partial charge on any atom is -0.354 e. The third kappa shape index (κ3) is 12.9. The number of nitrogens with one attached hydrogen (secondary N) is 3. The van der Waals surface area contributed by atoms with Crippen LogP contribution in [0, 0.1) is 0 Å². The molecule has 1 amide bonds. The van der Waals surface area contributed by atoms with E-state index in [4.69, 9.17) is 0 Å². The summed E-state index contributed by atoms with van der Waals surface area (Å²) >= 11 is 0. The first-order chi connectivity index (χ1) is 14.4. The van der Waals surface area contributed by atoms with Gasteiger partial charge >= 0.3 is 0 Å². The molecule has 1 aromatic rings. The van der Waals surface area contributed by atoms with Crippen molar-refractivity contribution in [3.05, 3.63) is 35.4 Å². The lowest BCUT2D eigenvalue weighted by Crippen LogP contribution is -2.42. The second-order valence-corrected chi connectivity index (χ2v) is 7.90. The molecule has 8 heteroatoms. The number of hydrogen-bond acceptors (Lipinski definition) is 4. The maximum Gasteiger partial charge on any atom is 0.251 e. The van der Waals surface area contributed by atoms with Gasteiger partial charge in [-0.15, -0.1) is 24.0 Å². The fourth-order valence-electron chi connectivity index (χ4n) is 3.16. The highest BCUT2D eigenvalue weighted by Crippen LogP contribution is 2.05. The third-order valence-electron chi connectivity index (χ3n) is 5.11. The average Bonchev–Trinajstić information content (AvgIpc) is 2.74. The predicted molar refractivity (Wildman–Crippen MR) is 143 cm³/mol. The van der Waals surface area contributed by atoms with Gasteiger partial charge in [0.1, 0.15) is 0 Å². The van der Waals surface area contributed by atoms with Crippen LogP contribution in [-0.4, -0.2) is 81.6 Å². The summed E-state index contributed by atoms with van der Waals surface area (Å²) < 4.78 is 0. The van der Waals surface area contributed by atoms with E-state index >= 15 is 0 Å². The lowest BCUT2D eigenvalue weighted by Gasteiger charge is -2.21. The van der Waals surface area contributed by atoms with Crippen LogP contribution in [0.25, 0.3) is 0 Å². The molecule has 0 aliphatic heterocycles. The highest BCUT2D eigenvalue weighted by atomic mass is 127. The Hall–Kier alpha value is -1.39. The molecule has 1 rings (SSSR count). The molecular weight excluding hydrogens is 503 g/mol. The number of amides is 1. The molecule has 0 fully saturated rings. The Labute approximate surface area is 206 Å². The highest BCUT2D eigenvalue weighted by Gasteiger charge is 2.08. The van der Waals surface area contributed by atoms with E-state index < -0.39 is 0 Å². The van der Waals surface area contributed by atoms with Crippen LogP contribution < -0.4 is 16.0 Å². The van der Waals surface area contributed by atoms with Gasteiger partial charge in [-0.2, -0.15) is 0 Å². The van der Waals surface area contributed by atoms with Crippen molar-refractivity contribution in [1.82, 2.24) is 25.8 Å². The summed E-state index contributed by atoms with van der Waals surface area (Å²) in [6, 6.07) is 8.06. The van der Waals surface area contributed by atoms with Crippen LogP contribution in [-0.2, 0) is 6.54 Å². The van der Waals surface area contributed by atoms with E-state index in [1.165, 1.54) is 0 Å². The molecule has 0 bridgehead atoms. The Morgan fingerprint density at radius 1 is 1.13 bits per heavy atom. The Bertz CT molecular complexity index is 649. The molecule has 0 aliphatic rings. The van der Waals surface area contributed by atoms with Crippen molar-refractivity contribution in [3.8, 4) is 0 Å². The van der Waals surface area contributed by atoms with Crippen molar-refractivity contribution >= 4 is 35.8 Å². The van der Waals surface area contributed by atoms with Crippen molar-refractivity contribution in [3.63, 3.8) is 0 Å². The molecule has 1 unspecified atom stereocenters. The van der Waals surface area contributed by atoms with Crippen molar-refractivity contribution in [2.75, 3.05) is 53.9 Å². The zero-order chi connectivity index (χ0) is 22.4. The number of likely N-dealkylation sites (N-methyl/N-ethyl adjacent to an activating group) is 1. The minimum atomic E-state index is -0.0389. The van der Waals surface area contributed by atoms with Gasteiger partial charge < -0.3 is 25.8 Å². The SMILES string of the molecule is CCN(CC)CCCC(C)NC(=NC)NCc1cccc(C(=O)NCCN(C)C)c1.I. The summed E-state index contributed by atoms with van der Waals surface area (Å²) in [6.45, 7) is 12.0. The van der Waals surface area contributed by atoms with Crippen LogP contribution in [0.1, 0.15) is 49.5 Å². The number of aliphatic imine (C=N–C) groups is 1. The fourth-order valence-corrected chi connectivity index (χ4v) is 3.16. The monoisotopic (exact) mass is 546 g/mol. The average molecular weight is 547 g/mol. The van der Waals surface area contributed by atoms with E-state index in [0.717, 1.165) is 50.5 Å². The summed E-state index contributed by atoms with van der Waals surface area (Å²) in [5.41, 5.74) is 1.73. The summed E-state index contributed by atoms with van der Waals surface area (Å²) in [4.78, 5) is 21.1. The van der Waals surface area contributed by atoms with E-state index in [1.807, 2.05) is 43.3 Å².